The Balaban J connectivity index is 0.904. The Hall–Kier alpha value is -9.19. The van der Waals surface area contributed by atoms with E-state index in [0.29, 0.717) is 5.82 Å². The smallest absolute Gasteiger partial charge is 0.160 e. The van der Waals surface area contributed by atoms with Gasteiger partial charge in [-0.2, -0.15) is 5.10 Å². The van der Waals surface area contributed by atoms with Gasteiger partial charge in [-0.05, 0) is 64.5 Å². The quantitative estimate of drug-likeness (QED) is 0.153. The molecule has 4 aromatic heterocycles. The maximum atomic E-state index is 5.40. The largest absolute Gasteiger partial charge is 0.309 e. The van der Waals surface area contributed by atoms with E-state index in [1.165, 1.54) is 21.8 Å². The number of aromatic nitrogens is 5. The first-order valence-corrected chi connectivity index (χ1v) is 23.0. The number of rotatable bonds is 8. The lowest BCUT2D eigenvalue weighted by molar-refractivity contribution is 0.979. The Bertz CT molecular complexity index is 3920. The summed E-state index contributed by atoms with van der Waals surface area (Å²) in [4.78, 5) is 10.3. The van der Waals surface area contributed by atoms with Gasteiger partial charge in [0.15, 0.2) is 5.82 Å². The average molecular weight is 868 g/mol. The molecule has 0 spiro atoms. The second-order valence-electron chi connectivity index (χ2n) is 17.2. The summed E-state index contributed by atoms with van der Waals surface area (Å²) >= 11 is 0. The minimum atomic E-state index is 0.689. The fourth-order valence-corrected chi connectivity index (χ4v) is 9.89. The van der Waals surface area contributed by atoms with Crippen LogP contribution in [0.5, 0.6) is 0 Å². The van der Waals surface area contributed by atoms with Gasteiger partial charge in [-0.15, -0.1) is 0 Å². The Morgan fingerprint density at radius 3 is 1.41 bits per heavy atom. The van der Waals surface area contributed by atoms with E-state index < -0.39 is 0 Å². The Labute approximate surface area is 393 Å². The minimum Gasteiger partial charge on any atom is -0.309 e. The molecule has 13 rings (SSSR count). The monoisotopic (exact) mass is 867 g/mol. The topological polar surface area (TPSA) is 48.0 Å². The Kier molecular flexibility index (Phi) is 9.43. The Morgan fingerprint density at radius 1 is 0.324 bits per heavy atom. The van der Waals surface area contributed by atoms with Crippen molar-refractivity contribution in [3.63, 3.8) is 0 Å². The van der Waals surface area contributed by atoms with Crippen molar-refractivity contribution in [3.05, 3.63) is 249 Å². The second kappa shape index (κ2) is 16.4. The van der Waals surface area contributed by atoms with E-state index in [0.717, 1.165) is 94.8 Å². The van der Waals surface area contributed by atoms with Crippen LogP contribution in [0.1, 0.15) is 0 Å². The number of pyridine rings is 1. The van der Waals surface area contributed by atoms with Gasteiger partial charge < -0.3 is 4.57 Å². The summed E-state index contributed by atoms with van der Waals surface area (Å²) in [6, 6.07) is 88.0. The summed E-state index contributed by atoms with van der Waals surface area (Å²) in [7, 11) is 0. The summed E-state index contributed by atoms with van der Waals surface area (Å²) in [5, 5.41) is 10.2. The summed E-state index contributed by atoms with van der Waals surface area (Å²) < 4.78 is 4.49. The van der Waals surface area contributed by atoms with Crippen LogP contribution < -0.4 is 0 Å². The number of fused-ring (bicyclic) bond motifs is 6. The second-order valence-corrected chi connectivity index (χ2v) is 17.2. The van der Waals surface area contributed by atoms with Crippen molar-refractivity contribution in [2.45, 2.75) is 0 Å². The van der Waals surface area contributed by atoms with Gasteiger partial charge in [-0.25, -0.2) is 14.5 Å². The zero-order chi connectivity index (χ0) is 45.0. The molecule has 5 nitrogen and oxygen atoms in total. The standard InChI is InChI=1S/C63H41N5/c1-5-17-45(18-6-1)59-40-50-39-49(35-38-52(50)62-60(46-19-7-2-8-20-46)61(66-68(59)62)47-21-9-3-10-22-47)42-29-31-43(32-30-42)55-41-56(65-63(64-55)48-23-11-4-12-24-48)44-33-36-51(37-34-44)67-57-27-15-13-25-53(57)54-26-14-16-28-58(54)67/h1-41H. The zero-order valence-electron chi connectivity index (χ0n) is 36.9. The van der Waals surface area contributed by atoms with E-state index in [-0.39, 0.29) is 0 Å². The van der Waals surface area contributed by atoms with E-state index in [1.54, 1.807) is 0 Å². The van der Waals surface area contributed by atoms with E-state index in [1.807, 2.05) is 18.2 Å². The van der Waals surface area contributed by atoms with Crippen molar-refractivity contribution >= 4 is 38.1 Å². The van der Waals surface area contributed by atoms with Crippen LogP contribution >= 0.6 is 0 Å². The molecule has 0 aliphatic rings. The van der Waals surface area contributed by atoms with Crippen LogP contribution in [0, 0.1) is 0 Å². The first-order valence-electron chi connectivity index (χ1n) is 23.0. The van der Waals surface area contributed by atoms with E-state index in [9.17, 15) is 0 Å². The van der Waals surface area contributed by atoms with Crippen LogP contribution in [0.15, 0.2) is 249 Å². The molecular weight excluding hydrogens is 827 g/mol. The van der Waals surface area contributed by atoms with Crippen molar-refractivity contribution < 1.29 is 0 Å². The number of para-hydroxylation sites is 2. The molecule has 0 radical (unpaired) electrons. The summed E-state index contributed by atoms with van der Waals surface area (Å²) in [6.07, 6.45) is 0. The molecule has 0 fully saturated rings. The number of hydrogen-bond acceptors (Lipinski definition) is 3. The molecule has 0 saturated carbocycles. The fourth-order valence-electron chi connectivity index (χ4n) is 9.89. The van der Waals surface area contributed by atoms with Gasteiger partial charge in [0.25, 0.3) is 0 Å². The highest BCUT2D eigenvalue weighted by Gasteiger charge is 2.22. The van der Waals surface area contributed by atoms with Crippen LogP contribution in [0.4, 0.5) is 0 Å². The fraction of sp³-hybridized carbons (Fsp3) is 0. The van der Waals surface area contributed by atoms with Crippen LogP contribution in [0.25, 0.3) is 122 Å². The maximum Gasteiger partial charge on any atom is 0.160 e. The molecule has 13 aromatic rings. The lowest BCUT2D eigenvalue weighted by Crippen LogP contribution is -1.97. The minimum absolute atomic E-state index is 0.689. The molecule has 4 heterocycles. The van der Waals surface area contributed by atoms with E-state index in [2.05, 4.69) is 240 Å². The first kappa shape index (κ1) is 39.2. The molecule has 318 valence electrons. The molecule has 0 amide bonds. The summed E-state index contributed by atoms with van der Waals surface area (Å²) in [5.74, 6) is 0.689. The molecule has 0 aliphatic carbocycles. The molecule has 9 aromatic carbocycles. The number of nitrogens with zero attached hydrogens (tertiary/aromatic N) is 5. The lowest BCUT2D eigenvalue weighted by Gasteiger charge is -2.13. The van der Waals surface area contributed by atoms with Crippen LogP contribution in [-0.4, -0.2) is 24.1 Å². The molecule has 0 N–H and O–H groups in total. The van der Waals surface area contributed by atoms with Crippen LogP contribution in [0.3, 0.4) is 0 Å². The molecule has 0 bridgehead atoms. The van der Waals surface area contributed by atoms with Crippen molar-refractivity contribution in [1.82, 2.24) is 24.1 Å². The third-order valence-electron chi connectivity index (χ3n) is 13.2. The average Bonchev–Trinajstić information content (AvgIpc) is 3.99. The molecule has 0 atom stereocenters. The number of benzene rings is 9. The molecular formula is C63H41N5. The van der Waals surface area contributed by atoms with Crippen molar-refractivity contribution in [2.24, 2.45) is 0 Å². The predicted octanol–water partition coefficient (Wildman–Crippen LogP) is 16.0. The van der Waals surface area contributed by atoms with E-state index >= 15 is 0 Å². The SMILES string of the molecule is c1ccc(-c2nc(-c3ccc(-c4ccc5c(c4)cc(-c4ccccc4)n4nc(-c6ccccc6)c(-c6ccccc6)c54)cc3)cc(-c3ccc(-n4c5ccccc5c5ccccc54)cc3)n2)cc1. The van der Waals surface area contributed by atoms with Gasteiger partial charge >= 0.3 is 0 Å². The van der Waals surface area contributed by atoms with Gasteiger partial charge in [-0.3, -0.25) is 0 Å². The van der Waals surface area contributed by atoms with Crippen molar-refractivity contribution in [2.75, 3.05) is 0 Å². The normalized spacial score (nSPS) is 11.5. The van der Waals surface area contributed by atoms with Gasteiger partial charge in [0.2, 0.25) is 0 Å². The van der Waals surface area contributed by atoms with Gasteiger partial charge in [0, 0.05) is 55.2 Å². The van der Waals surface area contributed by atoms with Crippen molar-refractivity contribution in [1.29, 1.82) is 0 Å². The first-order chi connectivity index (χ1) is 33.7. The van der Waals surface area contributed by atoms with Gasteiger partial charge in [0.05, 0.1) is 33.6 Å². The van der Waals surface area contributed by atoms with Gasteiger partial charge in [-0.1, -0.05) is 206 Å². The molecule has 5 heteroatoms. The highest BCUT2D eigenvalue weighted by atomic mass is 15.2. The van der Waals surface area contributed by atoms with Crippen LogP contribution in [-0.2, 0) is 0 Å². The van der Waals surface area contributed by atoms with Crippen LogP contribution in [0.2, 0.25) is 0 Å². The van der Waals surface area contributed by atoms with Gasteiger partial charge in [0.1, 0.15) is 5.69 Å². The molecule has 0 aliphatic heterocycles. The number of hydrogen-bond donors (Lipinski definition) is 0. The highest BCUT2D eigenvalue weighted by molar-refractivity contribution is 6.10. The Morgan fingerprint density at radius 2 is 0.809 bits per heavy atom. The van der Waals surface area contributed by atoms with Crippen molar-refractivity contribution in [3.8, 4) is 84.4 Å². The predicted molar refractivity (Wildman–Crippen MR) is 281 cm³/mol. The third-order valence-corrected chi connectivity index (χ3v) is 13.2. The highest BCUT2D eigenvalue weighted by Crippen LogP contribution is 2.42. The zero-order valence-corrected chi connectivity index (χ0v) is 36.9. The third kappa shape index (κ3) is 6.76. The summed E-state index contributed by atoms with van der Waals surface area (Å²) in [6.45, 7) is 0. The summed E-state index contributed by atoms with van der Waals surface area (Å²) in [5.41, 5.74) is 18.0. The molecule has 0 unspecified atom stereocenters. The molecule has 68 heavy (non-hydrogen) atoms. The lowest BCUT2D eigenvalue weighted by atomic mass is 9.95. The maximum absolute atomic E-state index is 5.40. The van der Waals surface area contributed by atoms with E-state index in [4.69, 9.17) is 15.1 Å². The molecule has 0 saturated heterocycles.